The number of hydrogen-bond donors (Lipinski definition) is 3. The second-order valence-electron chi connectivity index (χ2n) is 2.22. The molecule has 0 aliphatic rings. The fourth-order valence-electron chi connectivity index (χ4n) is 0.743. The summed E-state index contributed by atoms with van der Waals surface area (Å²) in [7, 11) is 0. The number of thiol groups is 1. The van der Waals surface area contributed by atoms with Crippen LogP contribution < -0.4 is 5.73 Å². The summed E-state index contributed by atoms with van der Waals surface area (Å²) in [6.07, 6.45) is 4.26. The van der Waals surface area contributed by atoms with Crippen LogP contribution in [0.25, 0.3) is 0 Å². The number of hydrogen-bond acceptors (Lipinski definition) is 3. The molecule has 0 fully saturated rings. The molecule has 10 heavy (non-hydrogen) atoms. The van der Waals surface area contributed by atoms with E-state index in [9.17, 15) is 0 Å². The van der Waals surface area contributed by atoms with Crippen molar-refractivity contribution in [3.63, 3.8) is 0 Å². The van der Waals surface area contributed by atoms with Gasteiger partial charge in [0.1, 0.15) is 0 Å². The Morgan fingerprint density at radius 1 is 1.80 bits per heavy atom. The second-order valence-corrected chi connectivity index (χ2v) is 2.59. The van der Waals surface area contributed by atoms with Crippen molar-refractivity contribution < 1.29 is 0 Å². The average Bonchev–Trinajstić information content (AvgIpc) is 2.40. The van der Waals surface area contributed by atoms with Gasteiger partial charge < -0.3 is 10.7 Å². The highest BCUT2D eigenvalue weighted by Gasteiger charge is 2.00. The molecule has 0 saturated heterocycles. The molecule has 1 atom stereocenters. The maximum Gasteiger partial charge on any atom is 0.0921 e. The highest BCUT2D eigenvalue weighted by molar-refractivity contribution is 7.80. The number of H-pyrrole nitrogens is 1. The SMILES string of the molecule is NC(CS)Cc1cnc[nH]1. The summed E-state index contributed by atoms with van der Waals surface area (Å²) in [6, 6.07) is 0.129. The maximum atomic E-state index is 5.64. The van der Waals surface area contributed by atoms with Crippen LogP contribution in [0.4, 0.5) is 0 Å². The molecule has 0 aliphatic carbocycles. The largest absolute Gasteiger partial charge is 0.348 e. The number of aromatic amines is 1. The van der Waals surface area contributed by atoms with Crippen LogP contribution in [-0.4, -0.2) is 21.8 Å². The van der Waals surface area contributed by atoms with Crippen molar-refractivity contribution in [3.8, 4) is 0 Å². The summed E-state index contributed by atoms with van der Waals surface area (Å²) in [5.41, 5.74) is 6.71. The lowest BCUT2D eigenvalue weighted by Crippen LogP contribution is -2.24. The Morgan fingerprint density at radius 2 is 2.60 bits per heavy atom. The van der Waals surface area contributed by atoms with Gasteiger partial charge in [0.05, 0.1) is 6.33 Å². The van der Waals surface area contributed by atoms with Gasteiger partial charge >= 0.3 is 0 Å². The Morgan fingerprint density at radius 3 is 3.10 bits per heavy atom. The second kappa shape index (κ2) is 3.63. The summed E-state index contributed by atoms with van der Waals surface area (Å²) in [5, 5.41) is 0. The highest BCUT2D eigenvalue weighted by Crippen LogP contribution is 1.96. The number of nitrogens with one attached hydrogen (secondary N) is 1. The standard InChI is InChI=1S/C6H11N3S/c7-5(3-10)1-6-2-8-4-9-6/h2,4-5,10H,1,3,7H2,(H,8,9). The average molecular weight is 157 g/mol. The first kappa shape index (κ1) is 7.63. The van der Waals surface area contributed by atoms with Gasteiger partial charge in [0.2, 0.25) is 0 Å². The van der Waals surface area contributed by atoms with Crippen molar-refractivity contribution >= 4 is 12.6 Å². The van der Waals surface area contributed by atoms with Gasteiger partial charge in [-0.3, -0.25) is 0 Å². The predicted molar refractivity (Wildman–Crippen MR) is 44.1 cm³/mol. The van der Waals surface area contributed by atoms with Gasteiger partial charge in [0.15, 0.2) is 0 Å². The van der Waals surface area contributed by atoms with Crippen molar-refractivity contribution in [3.05, 3.63) is 18.2 Å². The zero-order valence-electron chi connectivity index (χ0n) is 5.62. The summed E-state index contributed by atoms with van der Waals surface area (Å²) in [5.74, 6) is 0.707. The Labute approximate surface area is 65.4 Å². The zero-order valence-corrected chi connectivity index (χ0v) is 6.51. The van der Waals surface area contributed by atoms with E-state index in [0.29, 0.717) is 5.75 Å². The third-order valence-corrected chi connectivity index (χ3v) is 1.74. The molecular weight excluding hydrogens is 146 g/mol. The smallest absolute Gasteiger partial charge is 0.0921 e. The number of nitrogens with two attached hydrogens (primary N) is 1. The molecular formula is C6H11N3S. The van der Waals surface area contributed by atoms with Crippen LogP contribution in [0.3, 0.4) is 0 Å². The Balaban J connectivity index is 2.40. The van der Waals surface area contributed by atoms with Gasteiger partial charge in [-0.15, -0.1) is 0 Å². The molecule has 0 radical (unpaired) electrons. The van der Waals surface area contributed by atoms with Crippen LogP contribution in [0.15, 0.2) is 12.5 Å². The Hall–Kier alpha value is -0.480. The van der Waals surface area contributed by atoms with Crippen LogP contribution >= 0.6 is 12.6 Å². The Kier molecular flexibility index (Phi) is 2.77. The van der Waals surface area contributed by atoms with E-state index in [1.807, 2.05) is 0 Å². The minimum Gasteiger partial charge on any atom is -0.348 e. The van der Waals surface area contributed by atoms with Gasteiger partial charge in [-0.1, -0.05) is 0 Å². The molecule has 1 heterocycles. The maximum absolute atomic E-state index is 5.64. The molecule has 1 unspecified atom stereocenters. The molecule has 0 bridgehead atoms. The van der Waals surface area contributed by atoms with Gasteiger partial charge in [0.25, 0.3) is 0 Å². The minimum absolute atomic E-state index is 0.129. The predicted octanol–water partition coefficient (Wildman–Crippen LogP) is 0.209. The molecule has 0 saturated carbocycles. The number of rotatable bonds is 3. The quantitative estimate of drug-likeness (QED) is 0.549. The first-order valence-electron chi connectivity index (χ1n) is 3.16. The number of imidazole rings is 1. The third-order valence-electron chi connectivity index (χ3n) is 1.27. The molecule has 0 aliphatic heterocycles. The van der Waals surface area contributed by atoms with Gasteiger partial charge in [-0.25, -0.2) is 4.98 Å². The lowest BCUT2D eigenvalue weighted by molar-refractivity contribution is 0.737. The van der Waals surface area contributed by atoms with E-state index in [0.717, 1.165) is 12.1 Å². The molecule has 3 nitrogen and oxygen atoms in total. The molecule has 0 aromatic carbocycles. The minimum atomic E-state index is 0.129. The molecule has 56 valence electrons. The van der Waals surface area contributed by atoms with Crippen molar-refractivity contribution in [2.24, 2.45) is 5.73 Å². The molecule has 0 spiro atoms. The summed E-state index contributed by atoms with van der Waals surface area (Å²) >= 11 is 4.07. The summed E-state index contributed by atoms with van der Waals surface area (Å²) < 4.78 is 0. The van der Waals surface area contributed by atoms with Crippen molar-refractivity contribution in [2.75, 3.05) is 5.75 Å². The van der Waals surface area contributed by atoms with Gasteiger partial charge in [-0.2, -0.15) is 12.6 Å². The van der Waals surface area contributed by atoms with Crippen molar-refractivity contribution in [1.82, 2.24) is 9.97 Å². The fourth-order valence-corrected chi connectivity index (χ4v) is 0.872. The third kappa shape index (κ3) is 2.04. The van der Waals surface area contributed by atoms with E-state index >= 15 is 0 Å². The van der Waals surface area contributed by atoms with E-state index in [-0.39, 0.29) is 6.04 Å². The zero-order chi connectivity index (χ0) is 7.40. The molecule has 4 heteroatoms. The van der Waals surface area contributed by atoms with Crippen LogP contribution in [0.2, 0.25) is 0 Å². The first-order valence-corrected chi connectivity index (χ1v) is 3.80. The fraction of sp³-hybridized carbons (Fsp3) is 0.500. The number of nitrogens with zero attached hydrogens (tertiary/aromatic N) is 1. The van der Waals surface area contributed by atoms with Gasteiger partial charge in [0, 0.05) is 30.1 Å². The van der Waals surface area contributed by atoms with Crippen LogP contribution in [0, 0.1) is 0 Å². The lowest BCUT2D eigenvalue weighted by Gasteiger charge is -2.04. The van der Waals surface area contributed by atoms with Crippen LogP contribution in [-0.2, 0) is 6.42 Å². The topological polar surface area (TPSA) is 54.7 Å². The summed E-state index contributed by atoms with van der Waals surface area (Å²) in [6.45, 7) is 0. The molecule has 1 aromatic rings. The van der Waals surface area contributed by atoms with E-state index in [2.05, 4.69) is 22.6 Å². The van der Waals surface area contributed by atoms with E-state index in [1.54, 1.807) is 12.5 Å². The monoisotopic (exact) mass is 157 g/mol. The lowest BCUT2D eigenvalue weighted by atomic mass is 10.2. The highest BCUT2D eigenvalue weighted by atomic mass is 32.1. The summed E-state index contributed by atoms with van der Waals surface area (Å²) in [4.78, 5) is 6.85. The molecule has 1 aromatic heterocycles. The Bertz CT molecular complexity index is 173. The van der Waals surface area contributed by atoms with Crippen LogP contribution in [0.1, 0.15) is 5.69 Å². The van der Waals surface area contributed by atoms with E-state index in [4.69, 9.17) is 5.73 Å². The molecule has 3 N–H and O–H groups in total. The molecule has 0 amide bonds. The van der Waals surface area contributed by atoms with E-state index < -0.39 is 0 Å². The van der Waals surface area contributed by atoms with E-state index in [1.165, 1.54) is 0 Å². The molecule has 1 rings (SSSR count). The first-order chi connectivity index (χ1) is 4.83. The van der Waals surface area contributed by atoms with Crippen LogP contribution in [0.5, 0.6) is 0 Å². The van der Waals surface area contributed by atoms with Crippen molar-refractivity contribution in [1.29, 1.82) is 0 Å². The van der Waals surface area contributed by atoms with Gasteiger partial charge in [-0.05, 0) is 0 Å². The number of aromatic nitrogens is 2. The normalized spacial score (nSPS) is 13.4. The van der Waals surface area contributed by atoms with Crippen molar-refractivity contribution in [2.45, 2.75) is 12.5 Å².